The first-order valence-corrected chi connectivity index (χ1v) is 28.7. The molecule has 8 aromatic carbocycles. The first kappa shape index (κ1) is 52.1. The molecule has 392 valence electrons. The molecule has 2 aliphatic rings. The van der Waals surface area contributed by atoms with Crippen molar-refractivity contribution in [3.8, 4) is 0 Å². The Morgan fingerprint density at radius 3 is 1.30 bits per heavy atom. The molecule has 4 nitrogen and oxygen atoms in total. The van der Waals surface area contributed by atoms with Crippen LogP contribution in [0, 0.1) is 0 Å². The number of hydrogen-bond donors (Lipinski definition) is 0. The Balaban J connectivity index is 1.29. The average molecular weight is 1010 g/mol. The van der Waals surface area contributed by atoms with Gasteiger partial charge in [-0.1, -0.05) is 195 Å². The molecule has 0 atom stereocenters. The lowest BCUT2D eigenvalue weighted by atomic mass is 9.33. The second-order valence-electron chi connectivity index (χ2n) is 26.0. The van der Waals surface area contributed by atoms with Gasteiger partial charge in [0.25, 0.3) is 6.71 Å². The van der Waals surface area contributed by atoms with Crippen molar-refractivity contribution in [2.24, 2.45) is 0 Å². The molecule has 0 aliphatic carbocycles. The fraction of sp³-hybridized carbons (Fsp3) is 0.333. The van der Waals surface area contributed by atoms with Crippen LogP contribution in [0.15, 0.2) is 168 Å². The van der Waals surface area contributed by atoms with Gasteiger partial charge in [-0.2, -0.15) is 0 Å². The van der Waals surface area contributed by atoms with E-state index in [9.17, 15) is 0 Å². The lowest BCUT2D eigenvalue weighted by Gasteiger charge is -2.46. The van der Waals surface area contributed by atoms with Crippen molar-refractivity contribution in [3.63, 3.8) is 0 Å². The third-order valence-corrected chi connectivity index (χ3v) is 18.8. The maximum Gasteiger partial charge on any atom is 0.252 e. The molecule has 5 heteroatoms. The summed E-state index contributed by atoms with van der Waals surface area (Å²) in [7, 11) is 0. The van der Waals surface area contributed by atoms with Crippen LogP contribution in [0.2, 0.25) is 0 Å². The number of rotatable bonds is 13. The zero-order chi connectivity index (χ0) is 54.6. The molecule has 1 aromatic heterocycles. The highest BCUT2D eigenvalue weighted by molar-refractivity contribution is 7.00. The molecule has 0 radical (unpaired) electrons. The van der Waals surface area contributed by atoms with Crippen LogP contribution >= 0.6 is 0 Å². The van der Waals surface area contributed by atoms with Crippen molar-refractivity contribution in [2.75, 3.05) is 14.7 Å². The largest absolute Gasteiger partial charge is 0.454 e. The smallest absolute Gasteiger partial charge is 0.252 e. The number of para-hydroxylation sites is 2. The zero-order valence-electron chi connectivity index (χ0n) is 48.7. The Hall–Kier alpha value is -6.98. The summed E-state index contributed by atoms with van der Waals surface area (Å²) >= 11 is 0. The van der Waals surface area contributed by atoms with Crippen molar-refractivity contribution >= 4 is 96.2 Å². The summed E-state index contributed by atoms with van der Waals surface area (Å²) in [6, 6.07) is 63.2. The van der Waals surface area contributed by atoms with E-state index in [0.717, 1.165) is 76.1 Å². The Morgan fingerprint density at radius 1 is 0.403 bits per heavy atom. The third-order valence-electron chi connectivity index (χ3n) is 18.8. The van der Waals surface area contributed by atoms with Gasteiger partial charge >= 0.3 is 0 Å². The van der Waals surface area contributed by atoms with Crippen LogP contribution in [0.4, 0.5) is 51.2 Å². The number of anilines is 9. The summed E-state index contributed by atoms with van der Waals surface area (Å²) in [5.41, 5.74) is 22.7. The predicted molar refractivity (Wildman–Crippen MR) is 334 cm³/mol. The summed E-state index contributed by atoms with van der Waals surface area (Å²) in [6.45, 7) is 35.1. The van der Waals surface area contributed by atoms with Crippen molar-refractivity contribution < 1.29 is 4.42 Å². The predicted octanol–water partition coefficient (Wildman–Crippen LogP) is 19.2. The number of benzene rings is 8. The van der Waals surface area contributed by atoms with Gasteiger partial charge in [-0.15, -0.1) is 0 Å². The van der Waals surface area contributed by atoms with Gasteiger partial charge < -0.3 is 19.1 Å². The van der Waals surface area contributed by atoms with E-state index in [-0.39, 0.29) is 33.8 Å². The van der Waals surface area contributed by atoms with Crippen LogP contribution in [0.1, 0.15) is 157 Å². The number of hydrogen-bond acceptors (Lipinski definition) is 4. The Kier molecular flexibility index (Phi) is 12.8. The molecular formula is C72H80BN3O. The molecule has 0 bridgehead atoms. The highest BCUT2D eigenvalue weighted by atomic mass is 16.3. The van der Waals surface area contributed by atoms with Gasteiger partial charge in [-0.25, -0.2) is 0 Å². The molecule has 0 unspecified atom stereocenters. The average Bonchev–Trinajstić information content (AvgIpc) is 3.85. The first-order valence-electron chi connectivity index (χ1n) is 28.7. The molecule has 11 rings (SSSR count). The summed E-state index contributed by atoms with van der Waals surface area (Å²) in [5.74, 6) is 0. The molecule has 0 amide bonds. The van der Waals surface area contributed by atoms with Gasteiger partial charge in [0.2, 0.25) is 0 Å². The van der Waals surface area contributed by atoms with Gasteiger partial charge in [0.05, 0.1) is 11.4 Å². The van der Waals surface area contributed by atoms with Crippen molar-refractivity contribution in [1.82, 2.24) is 0 Å². The molecule has 0 saturated carbocycles. The van der Waals surface area contributed by atoms with E-state index >= 15 is 0 Å². The molecule has 2 aliphatic heterocycles. The maximum atomic E-state index is 6.99. The van der Waals surface area contributed by atoms with Crippen LogP contribution in [-0.4, -0.2) is 6.71 Å². The molecule has 0 N–H and O–H groups in total. The lowest BCUT2D eigenvalue weighted by molar-refractivity contribution is 0.506. The first-order chi connectivity index (χ1) is 36.6. The van der Waals surface area contributed by atoms with E-state index in [1.807, 2.05) is 0 Å². The molecule has 77 heavy (non-hydrogen) atoms. The maximum absolute atomic E-state index is 6.99. The van der Waals surface area contributed by atoms with E-state index < -0.39 is 0 Å². The quantitative estimate of drug-likeness (QED) is 0.107. The van der Waals surface area contributed by atoms with E-state index in [1.165, 1.54) is 67.0 Å². The minimum Gasteiger partial charge on any atom is -0.454 e. The molecule has 0 saturated heterocycles. The van der Waals surface area contributed by atoms with Gasteiger partial charge in [0.15, 0.2) is 5.58 Å². The summed E-state index contributed by atoms with van der Waals surface area (Å²) in [5, 5.41) is 2.21. The van der Waals surface area contributed by atoms with Gasteiger partial charge in [-0.3, -0.25) is 0 Å². The molecule has 0 fully saturated rings. The van der Waals surface area contributed by atoms with Gasteiger partial charge in [0.1, 0.15) is 5.58 Å². The highest BCUT2D eigenvalue weighted by Gasteiger charge is 2.45. The second-order valence-corrected chi connectivity index (χ2v) is 26.0. The summed E-state index contributed by atoms with van der Waals surface area (Å²) < 4.78 is 6.99. The minimum absolute atomic E-state index is 0.0168. The Morgan fingerprint density at radius 2 is 0.831 bits per heavy atom. The van der Waals surface area contributed by atoms with E-state index in [4.69, 9.17) is 4.42 Å². The molecule has 9 aromatic rings. The van der Waals surface area contributed by atoms with E-state index in [2.05, 4.69) is 282 Å². The lowest BCUT2D eigenvalue weighted by Crippen LogP contribution is -2.61. The monoisotopic (exact) mass is 1010 g/mol. The topological polar surface area (TPSA) is 22.9 Å². The standard InChI is InChI=1S/C72H80BN3O/c1-16-69(8,9)48-29-37-53(38-30-48)75-60-41-33-50(71(12,13)18-3)43-58(60)73-59-44-51(72(14,15)19-4)34-42-61(59)76(54-39-31-49(32-40-54)70(10,11)17-2)64-46-55(45-63(75)66(64)73)74(52-35-27-47(28-36-52)68(5,6)7)62-25-22-24-57-56-23-20-21-26-65(56)77-67(57)62/h20-46H,16-19H2,1-15H3. The van der Waals surface area contributed by atoms with Crippen LogP contribution in [0.3, 0.4) is 0 Å². The molecule has 3 heterocycles. The summed E-state index contributed by atoms with van der Waals surface area (Å²) in [4.78, 5) is 7.65. The number of nitrogens with zero attached hydrogens (tertiary/aromatic N) is 3. The fourth-order valence-corrected chi connectivity index (χ4v) is 11.9. The van der Waals surface area contributed by atoms with Crippen molar-refractivity contribution in [3.05, 3.63) is 192 Å². The third kappa shape index (κ3) is 8.77. The van der Waals surface area contributed by atoms with Crippen LogP contribution in [0.25, 0.3) is 21.9 Å². The van der Waals surface area contributed by atoms with Crippen molar-refractivity contribution in [2.45, 2.75) is 157 Å². The van der Waals surface area contributed by atoms with Gasteiger partial charge in [-0.05, 0) is 170 Å². The Labute approximate surface area is 461 Å². The van der Waals surface area contributed by atoms with Crippen LogP contribution in [-0.2, 0) is 27.1 Å². The number of fused-ring (bicyclic) bond motifs is 7. The van der Waals surface area contributed by atoms with E-state index in [0.29, 0.717) is 0 Å². The summed E-state index contributed by atoms with van der Waals surface area (Å²) in [6.07, 6.45) is 4.18. The van der Waals surface area contributed by atoms with Gasteiger partial charge in [0, 0.05) is 50.6 Å². The highest BCUT2D eigenvalue weighted by Crippen LogP contribution is 2.51. The number of furan rings is 1. The second kappa shape index (κ2) is 18.9. The van der Waals surface area contributed by atoms with Crippen LogP contribution < -0.4 is 31.1 Å². The normalized spacial score (nSPS) is 13.8. The molecular weight excluding hydrogens is 934 g/mol. The fourth-order valence-electron chi connectivity index (χ4n) is 11.9. The Bertz CT molecular complexity index is 3530. The van der Waals surface area contributed by atoms with Crippen molar-refractivity contribution in [1.29, 1.82) is 0 Å². The van der Waals surface area contributed by atoms with E-state index in [1.54, 1.807) is 0 Å². The minimum atomic E-state index is -0.0540. The van der Waals surface area contributed by atoms with Crippen LogP contribution in [0.5, 0.6) is 0 Å². The SMILES string of the molecule is CCC(C)(C)c1ccc(N2c3ccc(C(C)(C)CC)cc3B3c4cc(C(C)(C)CC)ccc4N(c4ccc(C(C)(C)CC)cc4)c4cc(N(c5ccc(C(C)(C)C)cc5)c5cccc6c5oc5ccccc56)cc2c43)cc1. The zero-order valence-corrected chi connectivity index (χ0v) is 48.7. The molecule has 0 spiro atoms.